The fraction of sp³-hybridized carbons (Fsp3) is 0. The molecule has 0 fully saturated rings. The van der Waals surface area contributed by atoms with Crippen LogP contribution >= 0.6 is 0 Å². The summed E-state index contributed by atoms with van der Waals surface area (Å²) in [6, 6.07) is 0. The quantitative estimate of drug-likeness (QED) is 0.425. The average molecular weight is 282 g/mol. The van der Waals surface area contributed by atoms with Crippen LogP contribution in [-0.2, 0) is 0 Å². The van der Waals surface area contributed by atoms with Crippen molar-refractivity contribution < 1.29 is 54.8 Å². The van der Waals surface area contributed by atoms with Crippen molar-refractivity contribution in [3.63, 3.8) is 0 Å². The van der Waals surface area contributed by atoms with E-state index in [-0.39, 0.29) is 23.1 Å². The second kappa shape index (κ2) is 12.2. The molecule has 2 radical (unpaired) electrons. The van der Waals surface area contributed by atoms with Gasteiger partial charge < -0.3 is 16.8 Å². The van der Waals surface area contributed by atoms with Crippen LogP contribution in [0, 0.1) is 29.6 Å². The SMILES string of the molecule is [Mg].[O-][Br+2]([O-])O.[O-][Br+2]([O-])O. The Kier molecular flexibility index (Phi) is 22.8. The molecular formula is H2Br2MgO6. The largest absolute Gasteiger partial charge is 0.433 e. The molecule has 0 aromatic rings. The molecular weight excluding hydrogens is 280 g/mol. The lowest BCUT2D eigenvalue weighted by molar-refractivity contribution is -1.63. The topological polar surface area (TPSA) is 133 Å². The first-order valence-corrected chi connectivity index (χ1v) is 4.96. The average Bonchev–Trinajstić information content (AvgIpc) is 1.25. The van der Waals surface area contributed by atoms with Gasteiger partial charge in [-0.3, -0.25) is 0 Å². The lowest BCUT2D eigenvalue weighted by Crippen LogP contribution is -2.30. The molecule has 6 nitrogen and oxygen atoms in total. The Labute approximate surface area is 77.5 Å². The van der Waals surface area contributed by atoms with Crippen molar-refractivity contribution in [3.8, 4) is 0 Å². The molecule has 0 saturated heterocycles. The molecule has 0 rings (SSSR count). The van der Waals surface area contributed by atoms with Crippen molar-refractivity contribution in [2.24, 2.45) is 0 Å². The number of halogens is 2. The van der Waals surface area contributed by atoms with Gasteiger partial charge >= 0.3 is 29.6 Å². The number of hydrogen-bond donors (Lipinski definition) is 2. The van der Waals surface area contributed by atoms with Crippen molar-refractivity contribution in [2.45, 2.75) is 0 Å². The smallest absolute Gasteiger partial charge is 0.372 e. The highest BCUT2D eigenvalue weighted by Crippen LogP contribution is 1.38. The van der Waals surface area contributed by atoms with Crippen LogP contribution in [0.15, 0.2) is 0 Å². The summed E-state index contributed by atoms with van der Waals surface area (Å²) in [5.41, 5.74) is 0. The summed E-state index contributed by atoms with van der Waals surface area (Å²) in [4.78, 5) is 0. The summed E-state index contributed by atoms with van der Waals surface area (Å²) in [6.07, 6.45) is 0. The molecule has 0 spiro atoms. The molecule has 0 bridgehead atoms. The molecule has 54 valence electrons. The van der Waals surface area contributed by atoms with Crippen molar-refractivity contribution in [3.05, 3.63) is 0 Å². The number of rotatable bonds is 0. The van der Waals surface area contributed by atoms with Crippen LogP contribution in [0.1, 0.15) is 0 Å². The van der Waals surface area contributed by atoms with E-state index in [2.05, 4.69) is 0 Å². The van der Waals surface area contributed by atoms with Gasteiger partial charge in [0.05, 0.1) is 0 Å². The van der Waals surface area contributed by atoms with E-state index >= 15 is 0 Å². The Morgan fingerprint density at radius 2 is 0.778 bits per heavy atom. The van der Waals surface area contributed by atoms with Gasteiger partial charge in [0.2, 0.25) is 0 Å². The Balaban J connectivity index is -0.0000000720. The monoisotopic (exact) mass is 280 g/mol. The van der Waals surface area contributed by atoms with E-state index in [1.165, 1.54) is 0 Å². The molecule has 0 aliphatic heterocycles. The maximum atomic E-state index is 8.63. The third-order valence-electron chi connectivity index (χ3n) is 0. The minimum Gasteiger partial charge on any atom is -0.372 e. The van der Waals surface area contributed by atoms with Gasteiger partial charge in [-0.2, -0.15) is 0 Å². The molecule has 2 N–H and O–H groups in total. The van der Waals surface area contributed by atoms with Crippen LogP contribution in [0.25, 0.3) is 0 Å². The first-order valence-electron chi connectivity index (χ1n) is 0.955. The molecule has 9 heteroatoms. The zero-order valence-corrected chi connectivity index (χ0v) is 8.58. The second-order valence-corrected chi connectivity index (χ2v) is 2.09. The highest BCUT2D eigenvalue weighted by molar-refractivity contribution is 5.75. The van der Waals surface area contributed by atoms with Crippen LogP contribution in [0.2, 0.25) is 0 Å². The van der Waals surface area contributed by atoms with Crippen molar-refractivity contribution in [1.82, 2.24) is 0 Å². The zero-order valence-electron chi connectivity index (χ0n) is 3.99. The van der Waals surface area contributed by atoms with Gasteiger partial charge in [-0.25, -0.2) is 0 Å². The lowest BCUT2D eigenvalue weighted by Gasteiger charge is -1.69. The molecule has 9 heavy (non-hydrogen) atoms. The molecule has 0 amide bonds. The summed E-state index contributed by atoms with van der Waals surface area (Å²) >= 11 is -6.79. The van der Waals surface area contributed by atoms with Gasteiger partial charge in [-0.15, -0.1) is 0 Å². The molecule has 0 heterocycles. The maximum absolute atomic E-state index is 8.63. The second-order valence-electron chi connectivity index (χ2n) is 0.402. The predicted molar refractivity (Wildman–Crippen MR) is 10.2 cm³/mol. The summed E-state index contributed by atoms with van der Waals surface area (Å²) in [5.74, 6) is 0. The van der Waals surface area contributed by atoms with E-state index < -0.39 is 29.6 Å². The van der Waals surface area contributed by atoms with Gasteiger partial charge in [0, 0.05) is 23.1 Å². The minimum atomic E-state index is -3.40. The minimum absolute atomic E-state index is 0. The van der Waals surface area contributed by atoms with E-state index in [1.54, 1.807) is 0 Å². The van der Waals surface area contributed by atoms with Crippen LogP contribution in [0.4, 0.5) is 0 Å². The van der Waals surface area contributed by atoms with Gasteiger partial charge in [-0.05, 0) is 8.40 Å². The summed E-state index contributed by atoms with van der Waals surface area (Å²) in [6.45, 7) is 0. The van der Waals surface area contributed by atoms with Crippen molar-refractivity contribution in [1.29, 1.82) is 0 Å². The molecule has 0 aliphatic carbocycles. The third-order valence-corrected chi connectivity index (χ3v) is 0. The predicted octanol–water partition coefficient (Wildman–Crippen LogP) is -6.25. The van der Waals surface area contributed by atoms with E-state index in [0.717, 1.165) is 0 Å². The molecule has 0 aliphatic rings. The van der Waals surface area contributed by atoms with Gasteiger partial charge in [0.15, 0.2) is 0 Å². The van der Waals surface area contributed by atoms with Crippen LogP contribution in [0.5, 0.6) is 0 Å². The molecule has 0 aromatic heterocycles. The van der Waals surface area contributed by atoms with E-state index in [4.69, 9.17) is 25.2 Å². The van der Waals surface area contributed by atoms with Gasteiger partial charge in [-0.1, -0.05) is 0 Å². The van der Waals surface area contributed by atoms with E-state index in [0.29, 0.717) is 0 Å². The van der Waals surface area contributed by atoms with Crippen LogP contribution < -0.4 is 16.8 Å². The first kappa shape index (κ1) is 16.8. The Hall–Kier alpha value is 1.49. The fourth-order valence-electron chi connectivity index (χ4n) is 0. The van der Waals surface area contributed by atoms with Gasteiger partial charge in [0.25, 0.3) is 0 Å². The normalized spacial score (nSPS) is 8.00. The number of hydrogen-bond acceptors (Lipinski definition) is 6. The fourth-order valence-corrected chi connectivity index (χ4v) is 0. The molecule has 0 unspecified atom stereocenters. The Morgan fingerprint density at radius 3 is 0.778 bits per heavy atom. The Morgan fingerprint density at radius 1 is 0.778 bits per heavy atom. The first-order chi connectivity index (χ1) is 3.46. The zero-order chi connectivity index (χ0) is 7.15. The maximum Gasteiger partial charge on any atom is 0.433 e. The van der Waals surface area contributed by atoms with Crippen LogP contribution in [-0.4, -0.2) is 31.4 Å². The molecule has 0 atom stereocenters. The van der Waals surface area contributed by atoms with E-state index in [1.807, 2.05) is 0 Å². The van der Waals surface area contributed by atoms with Gasteiger partial charge in [0.1, 0.15) is 0 Å². The standard InChI is InChI=1S/2BrHO3.Mg/c2*2-1(3)4;/h2*2H;. The lowest BCUT2D eigenvalue weighted by atomic mass is 16.0. The summed E-state index contributed by atoms with van der Waals surface area (Å²) < 4.78 is 48.6. The summed E-state index contributed by atoms with van der Waals surface area (Å²) in [7, 11) is 0. The third kappa shape index (κ3) is 241. The van der Waals surface area contributed by atoms with Crippen molar-refractivity contribution in [2.75, 3.05) is 0 Å². The highest BCUT2D eigenvalue weighted by Gasteiger charge is 1.86. The van der Waals surface area contributed by atoms with E-state index in [9.17, 15) is 0 Å². The Bertz CT molecular complexity index is 26.5. The summed E-state index contributed by atoms with van der Waals surface area (Å²) in [5, 5.41) is 0. The molecule has 0 saturated carbocycles. The van der Waals surface area contributed by atoms with Crippen LogP contribution in [0.3, 0.4) is 0 Å². The molecule has 0 aromatic carbocycles. The van der Waals surface area contributed by atoms with Crippen molar-refractivity contribution >= 4 is 23.1 Å². The highest BCUT2D eigenvalue weighted by atomic mass is 80.0.